The molecule has 0 aliphatic rings. The fourth-order valence-electron chi connectivity index (χ4n) is 2.95. The lowest BCUT2D eigenvalue weighted by Crippen LogP contribution is -3.06. The number of anilines is 1. The Morgan fingerprint density at radius 2 is 1.73 bits per heavy atom. The van der Waals surface area contributed by atoms with Gasteiger partial charge in [0, 0.05) is 24.7 Å². The van der Waals surface area contributed by atoms with Crippen LogP contribution in [-0.2, 0) is 10.0 Å². The molecule has 1 aromatic carbocycles. The molecule has 0 aliphatic carbocycles. The van der Waals surface area contributed by atoms with E-state index in [1.807, 2.05) is 32.0 Å². The molecule has 0 saturated carbocycles. The highest BCUT2D eigenvalue weighted by molar-refractivity contribution is 7.89. The predicted molar refractivity (Wildman–Crippen MR) is 104 cm³/mol. The molecule has 3 N–H and O–H groups in total. The Balaban J connectivity index is 2.09. The second-order valence-corrected chi connectivity index (χ2v) is 8.39. The molecule has 0 bridgehead atoms. The molecular formula is C19H30N4O2S+2. The largest absolute Gasteiger partial charge is 0.330 e. The molecule has 0 spiro atoms. The number of aromatic amines is 1. The van der Waals surface area contributed by atoms with Crippen molar-refractivity contribution >= 4 is 15.8 Å². The van der Waals surface area contributed by atoms with Crippen LogP contribution in [-0.4, -0.2) is 46.5 Å². The van der Waals surface area contributed by atoms with Crippen LogP contribution >= 0.6 is 0 Å². The van der Waals surface area contributed by atoms with Crippen molar-refractivity contribution in [3.05, 3.63) is 54.2 Å². The molecule has 0 fully saturated rings. The van der Waals surface area contributed by atoms with Crippen molar-refractivity contribution in [2.45, 2.75) is 24.8 Å². The number of rotatable bonds is 9. The maximum atomic E-state index is 12.5. The Labute approximate surface area is 156 Å². The number of hydrogen-bond acceptors (Lipinski definition) is 3. The summed E-state index contributed by atoms with van der Waals surface area (Å²) in [6.45, 7) is 5.35. The number of pyridine rings is 1. The van der Waals surface area contributed by atoms with E-state index in [9.17, 15) is 8.42 Å². The van der Waals surface area contributed by atoms with Gasteiger partial charge in [-0.1, -0.05) is 44.2 Å². The zero-order valence-corrected chi connectivity index (χ0v) is 16.8. The Bertz CT molecular complexity index is 773. The molecule has 1 heterocycles. The number of sulfonamides is 1. The Morgan fingerprint density at radius 1 is 1.08 bits per heavy atom. The molecule has 0 radical (unpaired) electrons. The van der Waals surface area contributed by atoms with Crippen molar-refractivity contribution in [3.63, 3.8) is 0 Å². The van der Waals surface area contributed by atoms with Crippen molar-refractivity contribution < 1.29 is 18.3 Å². The zero-order valence-electron chi connectivity index (χ0n) is 16.0. The van der Waals surface area contributed by atoms with Gasteiger partial charge in [-0.2, -0.15) is 4.31 Å². The van der Waals surface area contributed by atoms with Crippen LogP contribution in [0.2, 0.25) is 0 Å². The van der Waals surface area contributed by atoms with E-state index in [1.165, 1.54) is 14.8 Å². The quantitative estimate of drug-likeness (QED) is 0.679. The van der Waals surface area contributed by atoms with Crippen LogP contribution in [0, 0.1) is 0 Å². The van der Waals surface area contributed by atoms with Gasteiger partial charge in [-0.3, -0.25) is 5.32 Å². The minimum absolute atomic E-state index is 0.282. The maximum Gasteiger partial charge on any atom is 0.272 e. The van der Waals surface area contributed by atoms with E-state index in [0.717, 1.165) is 12.4 Å². The van der Waals surface area contributed by atoms with Gasteiger partial charge < -0.3 is 4.90 Å². The summed E-state index contributed by atoms with van der Waals surface area (Å²) in [5.41, 5.74) is 1.26. The molecule has 1 aromatic heterocycles. The summed E-state index contributed by atoms with van der Waals surface area (Å²) in [5.74, 6) is 0.797. The normalized spacial score (nSPS) is 13.2. The van der Waals surface area contributed by atoms with Gasteiger partial charge in [0.15, 0.2) is 6.04 Å². The van der Waals surface area contributed by atoms with Crippen molar-refractivity contribution in [1.82, 2.24) is 4.31 Å². The third-order valence-electron chi connectivity index (χ3n) is 4.52. The first-order chi connectivity index (χ1) is 12.4. The van der Waals surface area contributed by atoms with E-state index in [-0.39, 0.29) is 4.90 Å². The molecular weight excluding hydrogens is 348 g/mol. The first-order valence-corrected chi connectivity index (χ1v) is 10.4. The fraction of sp³-hybridized carbons (Fsp3) is 0.421. The highest BCUT2D eigenvalue weighted by atomic mass is 32.2. The summed E-state index contributed by atoms with van der Waals surface area (Å²) < 4.78 is 26.5. The fourth-order valence-corrected chi connectivity index (χ4v) is 4.37. The minimum Gasteiger partial charge on any atom is -0.330 e. The average molecular weight is 379 g/mol. The second-order valence-electron chi connectivity index (χ2n) is 6.45. The Morgan fingerprint density at radius 3 is 2.23 bits per heavy atom. The highest BCUT2D eigenvalue weighted by Crippen LogP contribution is 2.15. The monoisotopic (exact) mass is 378 g/mol. The first kappa shape index (κ1) is 20.4. The summed E-state index contributed by atoms with van der Waals surface area (Å²) >= 11 is 0. The lowest BCUT2D eigenvalue weighted by molar-refractivity contribution is -0.890. The van der Waals surface area contributed by atoms with Crippen LogP contribution in [0.1, 0.15) is 25.5 Å². The van der Waals surface area contributed by atoms with Crippen LogP contribution < -0.4 is 15.2 Å². The van der Waals surface area contributed by atoms with E-state index in [1.54, 1.807) is 18.3 Å². The average Bonchev–Trinajstić information content (AvgIpc) is 2.63. The van der Waals surface area contributed by atoms with Gasteiger partial charge in [0.25, 0.3) is 5.82 Å². The summed E-state index contributed by atoms with van der Waals surface area (Å²) in [5, 5.41) is 3.38. The van der Waals surface area contributed by atoms with Crippen molar-refractivity contribution in [1.29, 1.82) is 0 Å². The number of aromatic nitrogens is 1. The van der Waals surface area contributed by atoms with Crippen molar-refractivity contribution in [3.8, 4) is 0 Å². The number of nitrogens with zero attached hydrogens (tertiary/aromatic N) is 1. The number of likely N-dealkylation sites (N-methyl/N-ethyl adjacent to an activating group) is 1. The first-order valence-electron chi connectivity index (χ1n) is 9.00. The molecule has 2 aromatic rings. The standard InChI is InChI=1S/C19H28N4O2S/c1-5-23(6-2)26(24,25)17-12-13-19(20-14-17)21-15-18(22(3)4)16-10-8-7-9-11-16/h7-14,18H,5-6,15H2,1-4H3,(H,20,21)/p+2/t18-/m0/s1. The van der Waals surface area contributed by atoms with Gasteiger partial charge >= 0.3 is 0 Å². The number of quaternary nitrogens is 1. The van der Waals surface area contributed by atoms with Gasteiger partial charge in [0.1, 0.15) is 17.6 Å². The summed E-state index contributed by atoms with van der Waals surface area (Å²) in [7, 11) is 0.820. The molecule has 7 heteroatoms. The molecule has 0 saturated heterocycles. The van der Waals surface area contributed by atoms with E-state index < -0.39 is 10.0 Å². The molecule has 0 unspecified atom stereocenters. The third kappa shape index (κ3) is 4.81. The van der Waals surface area contributed by atoms with Gasteiger partial charge in [-0.05, 0) is 6.07 Å². The minimum atomic E-state index is -3.44. The van der Waals surface area contributed by atoms with Gasteiger partial charge in [-0.25, -0.2) is 13.4 Å². The lowest BCUT2D eigenvalue weighted by Gasteiger charge is -2.20. The van der Waals surface area contributed by atoms with Crippen LogP contribution in [0.4, 0.5) is 5.82 Å². The third-order valence-corrected chi connectivity index (χ3v) is 6.57. The number of nitrogens with one attached hydrogen (secondary N) is 3. The Hall–Kier alpha value is -1.96. The van der Waals surface area contributed by atoms with Gasteiger partial charge in [0.05, 0.1) is 14.1 Å². The van der Waals surface area contributed by atoms with Crippen LogP contribution in [0.25, 0.3) is 0 Å². The number of H-pyrrole nitrogens is 1. The van der Waals surface area contributed by atoms with E-state index >= 15 is 0 Å². The van der Waals surface area contributed by atoms with E-state index in [0.29, 0.717) is 19.1 Å². The Kier molecular flexibility index (Phi) is 7.14. The topological polar surface area (TPSA) is 68.0 Å². The molecule has 142 valence electrons. The van der Waals surface area contributed by atoms with Crippen LogP contribution in [0.5, 0.6) is 0 Å². The predicted octanol–water partition coefficient (Wildman–Crippen LogP) is 0.829. The van der Waals surface area contributed by atoms with Crippen molar-refractivity contribution in [2.75, 3.05) is 39.0 Å². The summed E-state index contributed by atoms with van der Waals surface area (Å²) in [4.78, 5) is 4.67. The van der Waals surface area contributed by atoms with E-state index in [4.69, 9.17) is 0 Å². The summed E-state index contributed by atoms with van der Waals surface area (Å²) in [6, 6.07) is 14.1. The molecule has 0 aliphatic heterocycles. The summed E-state index contributed by atoms with van der Waals surface area (Å²) in [6.07, 6.45) is 1.55. The van der Waals surface area contributed by atoms with E-state index in [2.05, 4.69) is 36.5 Å². The lowest BCUT2D eigenvalue weighted by atomic mass is 10.1. The van der Waals surface area contributed by atoms with Crippen LogP contribution in [0.3, 0.4) is 0 Å². The smallest absolute Gasteiger partial charge is 0.272 e. The van der Waals surface area contributed by atoms with Crippen molar-refractivity contribution in [2.24, 2.45) is 0 Å². The maximum absolute atomic E-state index is 12.5. The molecule has 0 amide bonds. The molecule has 2 rings (SSSR count). The van der Waals surface area contributed by atoms with Crippen LogP contribution in [0.15, 0.2) is 53.6 Å². The van der Waals surface area contributed by atoms with Gasteiger partial charge in [-0.15, -0.1) is 0 Å². The molecule has 26 heavy (non-hydrogen) atoms. The highest BCUT2D eigenvalue weighted by Gasteiger charge is 2.24. The SMILES string of the molecule is CCN(CC)S(=O)(=O)c1ccc(NC[C@@H](c2ccccc2)[NH+](C)C)[nH+]c1. The molecule has 6 nitrogen and oxygen atoms in total. The molecule has 1 atom stereocenters. The number of benzene rings is 1. The van der Waals surface area contributed by atoms with Gasteiger partial charge in [0.2, 0.25) is 10.0 Å². The zero-order chi connectivity index (χ0) is 19.2. The number of hydrogen-bond donors (Lipinski definition) is 2. The second kappa shape index (κ2) is 9.12.